The number of hydrogen-bond acceptors (Lipinski definition) is 3. The highest BCUT2D eigenvalue weighted by atomic mass is 16.9. The average Bonchev–Trinajstić information content (AvgIpc) is 3.22. The molecule has 162 valence electrons. The lowest BCUT2D eigenvalue weighted by Gasteiger charge is -2.42. The monoisotopic (exact) mass is 384 g/mol. The van der Waals surface area contributed by atoms with Crippen molar-refractivity contribution in [2.24, 2.45) is 11.8 Å². The Kier molecular flexibility index (Phi) is 14.5. The van der Waals surface area contributed by atoms with E-state index in [1.54, 1.807) is 0 Å². The largest absolute Gasteiger partial charge is 0.327 e. The van der Waals surface area contributed by atoms with Gasteiger partial charge in [-0.05, 0) is 44.4 Å². The molecule has 0 aliphatic heterocycles. The van der Waals surface area contributed by atoms with Gasteiger partial charge in [-0.25, -0.2) is 0 Å². The molecule has 1 saturated carbocycles. The van der Waals surface area contributed by atoms with Gasteiger partial charge in [-0.2, -0.15) is 0 Å². The SMILES string of the molecule is CCCCCCCCC(C1CCCC1)C(OCCC)(OCCC)OCCC. The van der Waals surface area contributed by atoms with Gasteiger partial charge in [0.15, 0.2) is 0 Å². The van der Waals surface area contributed by atoms with Crippen molar-refractivity contribution in [1.29, 1.82) is 0 Å². The van der Waals surface area contributed by atoms with Crippen LogP contribution in [-0.4, -0.2) is 25.8 Å². The van der Waals surface area contributed by atoms with Gasteiger partial charge in [0, 0.05) is 5.92 Å². The fourth-order valence-corrected chi connectivity index (χ4v) is 4.38. The van der Waals surface area contributed by atoms with Crippen molar-refractivity contribution in [2.75, 3.05) is 19.8 Å². The molecule has 1 unspecified atom stereocenters. The molecule has 0 N–H and O–H groups in total. The van der Waals surface area contributed by atoms with Crippen molar-refractivity contribution >= 4 is 0 Å². The first kappa shape index (κ1) is 24.9. The summed E-state index contributed by atoms with van der Waals surface area (Å²) in [6.45, 7) is 10.9. The lowest BCUT2D eigenvalue weighted by Crippen LogP contribution is -2.49. The van der Waals surface area contributed by atoms with Crippen LogP contribution in [0.2, 0.25) is 0 Å². The zero-order valence-electron chi connectivity index (χ0n) is 18.9. The van der Waals surface area contributed by atoms with E-state index in [-0.39, 0.29) is 0 Å². The average molecular weight is 385 g/mol. The van der Waals surface area contributed by atoms with Crippen LogP contribution in [0, 0.1) is 11.8 Å². The summed E-state index contributed by atoms with van der Waals surface area (Å²) < 4.78 is 19.2. The van der Waals surface area contributed by atoms with E-state index in [0.29, 0.717) is 31.7 Å². The second kappa shape index (κ2) is 15.8. The molecule has 1 fully saturated rings. The van der Waals surface area contributed by atoms with Crippen LogP contribution in [0.1, 0.15) is 118 Å². The van der Waals surface area contributed by atoms with Gasteiger partial charge in [-0.3, -0.25) is 0 Å². The van der Waals surface area contributed by atoms with Crippen molar-refractivity contribution in [3.63, 3.8) is 0 Å². The maximum absolute atomic E-state index is 6.41. The summed E-state index contributed by atoms with van der Waals surface area (Å²) >= 11 is 0. The Bertz CT molecular complexity index is 304. The summed E-state index contributed by atoms with van der Waals surface area (Å²) in [5.41, 5.74) is 0. The van der Waals surface area contributed by atoms with Crippen molar-refractivity contribution in [3.8, 4) is 0 Å². The van der Waals surface area contributed by atoms with E-state index < -0.39 is 5.97 Å². The fraction of sp³-hybridized carbons (Fsp3) is 1.00. The Hall–Kier alpha value is -0.120. The van der Waals surface area contributed by atoms with Crippen molar-refractivity contribution in [2.45, 2.75) is 124 Å². The van der Waals surface area contributed by atoms with Crippen LogP contribution in [0.4, 0.5) is 0 Å². The highest BCUT2D eigenvalue weighted by Crippen LogP contribution is 2.43. The van der Waals surface area contributed by atoms with E-state index in [1.165, 1.54) is 70.6 Å². The lowest BCUT2D eigenvalue weighted by atomic mass is 9.84. The summed E-state index contributed by atoms with van der Waals surface area (Å²) in [5, 5.41) is 0. The highest BCUT2D eigenvalue weighted by Gasteiger charge is 2.46. The number of unbranched alkanes of at least 4 members (excludes halogenated alkanes) is 5. The minimum absolute atomic E-state index is 0.371. The second-order valence-electron chi connectivity index (χ2n) is 8.36. The van der Waals surface area contributed by atoms with Crippen molar-refractivity contribution in [3.05, 3.63) is 0 Å². The van der Waals surface area contributed by atoms with Crippen LogP contribution in [0.3, 0.4) is 0 Å². The zero-order valence-corrected chi connectivity index (χ0v) is 18.9. The maximum atomic E-state index is 6.41. The van der Waals surface area contributed by atoms with Gasteiger partial charge in [0.1, 0.15) is 0 Å². The Labute approximate surface area is 169 Å². The third kappa shape index (κ3) is 9.28. The standard InChI is InChI=1S/C24H48O3/c1-5-9-10-11-12-13-18-23(22-16-14-15-17-22)24(25-19-6-2,26-20-7-3)27-21-8-4/h22-23H,5-21H2,1-4H3. The maximum Gasteiger partial charge on any atom is 0.286 e. The number of hydrogen-bond donors (Lipinski definition) is 0. The molecule has 3 nitrogen and oxygen atoms in total. The molecule has 0 aromatic rings. The summed E-state index contributed by atoms with van der Waals surface area (Å²) in [5.74, 6) is 0.238. The van der Waals surface area contributed by atoms with Crippen molar-refractivity contribution in [1.82, 2.24) is 0 Å². The summed E-state index contributed by atoms with van der Waals surface area (Å²) in [6.07, 6.45) is 17.5. The fourth-order valence-electron chi connectivity index (χ4n) is 4.38. The quantitative estimate of drug-likeness (QED) is 0.181. The molecule has 1 rings (SSSR count). The molecule has 0 aromatic heterocycles. The van der Waals surface area contributed by atoms with Gasteiger partial charge in [0.25, 0.3) is 5.97 Å². The molecule has 0 saturated heterocycles. The third-order valence-electron chi connectivity index (χ3n) is 5.81. The van der Waals surface area contributed by atoms with Gasteiger partial charge in [0.2, 0.25) is 0 Å². The number of ether oxygens (including phenoxy) is 3. The van der Waals surface area contributed by atoms with E-state index >= 15 is 0 Å². The third-order valence-corrected chi connectivity index (χ3v) is 5.81. The first-order valence-corrected chi connectivity index (χ1v) is 12.2. The minimum Gasteiger partial charge on any atom is -0.327 e. The molecule has 3 heteroatoms. The molecular formula is C24H48O3. The molecule has 0 bridgehead atoms. The smallest absolute Gasteiger partial charge is 0.286 e. The van der Waals surface area contributed by atoms with Crippen LogP contribution in [-0.2, 0) is 14.2 Å². The Morgan fingerprint density at radius 1 is 0.667 bits per heavy atom. The molecule has 1 aliphatic rings. The topological polar surface area (TPSA) is 27.7 Å². The highest BCUT2D eigenvalue weighted by molar-refractivity contribution is 4.83. The summed E-state index contributed by atoms with van der Waals surface area (Å²) in [4.78, 5) is 0. The Balaban J connectivity index is 2.84. The molecule has 27 heavy (non-hydrogen) atoms. The van der Waals surface area contributed by atoms with E-state index in [1.807, 2.05) is 0 Å². The molecule has 1 atom stereocenters. The molecule has 0 heterocycles. The number of rotatable bonds is 18. The molecule has 1 aliphatic carbocycles. The molecule has 0 spiro atoms. The van der Waals surface area contributed by atoms with Gasteiger partial charge in [0.05, 0.1) is 19.8 Å². The molecule has 0 radical (unpaired) electrons. The first-order chi connectivity index (χ1) is 13.2. The minimum atomic E-state index is -0.819. The van der Waals surface area contributed by atoms with Crippen LogP contribution in [0.5, 0.6) is 0 Å². The molecule has 0 aromatic carbocycles. The van der Waals surface area contributed by atoms with Gasteiger partial charge in [-0.15, -0.1) is 0 Å². The first-order valence-electron chi connectivity index (χ1n) is 12.2. The normalized spacial score (nSPS) is 16.9. The van der Waals surface area contributed by atoms with E-state index in [0.717, 1.165) is 19.3 Å². The zero-order chi connectivity index (χ0) is 19.8. The van der Waals surface area contributed by atoms with E-state index in [9.17, 15) is 0 Å². The van der Waals surface area contributed by atoms with E-state index in [4.69, 9.17) is 14.2 Å². The van der Waals surface area contributed by atoms with Crippen LogP contribution < -0.4 is 0 Å². The van der Waals surface area contributed by atoms with E-state index in [2.05, 4.69) is 27.7 Å². The van der Waals surface area contributed by atoms with Crippen LogP contribution >= 0.6 is 0 Å². The molecule has 0 amide bonds. The van der Waals surface area contributed by atoms with Crippen molar-refractivity contribution < 1.29 is 14.2 Å². The van der Waals surface area contributed by atoms with Gasteiger partial charge < -0.3 is 14.2 Å². The summed E-state index contributed by atoms with van der Waals surface area (Å²) in [6, 6.07) is 0. The Morgan fingerprint density at radius 2 is 1.15 bits per heavy atom. The van der Waals surface area contributed by atoms with Crippen LogP contribution in [0.25, 0.3) is 0 Å². The van der Waals surface area contributed by atoms with Gasteiger partial charge >= 0.3 is 0 Å². The second-order valence-corrected chi connectivity index (χ2v) is 8.36. The van der Waals surface area contributed by atoms with Gasteiger partial charge in [-0.1, -0.05) is 79.1 Å². The predicted molar refractivity (Wildman–Crippen MR) is 115 cm³/mol. The van der Waals surface area contributed by atoms with Crippen LogP contribution in [0.15, 0.2) is 0 Å². The Morgan fingerprint density at radius 3 is 1.63 bits per heavy atom. The predicted octanol–water partition coefficient (Wildman–Crippen LogP) is 7.48. The lowest BCUT2D eigenvalue weighted by molar-refractivity contribution is -0.411. The summed E-state index contributed by atoms with van der Waals surface area (Å²) in [7, 11) is 0. The molecular weight excluding hydrogens is 336 g/mol.